The molecular formula is C12H22N2O3. The second-order valence-electron chi connectivity index (χ2n) is 5.64. The van der Waals surface area contributed by atoms with Crippen LogP contribution in [0.25, 0.3) is 0 Å². The average molecular weight is 242 g/mol. The average Bonchev–Trinajstić information content (AvgIpc) is 2.14. The molecule has 1 aliphatic heterocycles. The molecule has 0 aromatic heterocycles. The number of nitrogens with zero attached hydrogens (tertiary/aromatic N) is 2. The highest BCUT2D eigenvalue weighted by atomic mass is 16.6. The smallest absolute Gasteiger partial charge is 0.417 e. The Bertz CT molecular complexity index is 307. The molecule has 5 heteroatoms. The highest BCUT2D eigenvalue weighted by molar-refractivity contribution is 5.92. The van der Waals surface area contributed by atoms with Gasteiger partial charge in [0.05, 0.1) is 0 Å². The molecule has 0 aromatic rings. The summed E-state index contributed by atoms with van der Waals surface area (Å²) >= 11 is 0. The maximum Gasteiger partial charge on any atom is 0.417 e. The molecule has 1 rings (SSSR count). The van der Waals surface area contributed by atoms with Gasteiger partial charge in [0.1, 0.15) is 5.60 Å². The number of likely N-dealkylation sites (tertiary alicyclic amines) is 1. The number of hydrogen-bond acceptors (Lipinski definition) is 4. The predicted molar refractivity (Wildman–Crippen MR) is 64.7 cm³/mol. The standard InChI is InChI=1S/C12H22N2O3/c1-12(2,3)17-11(16)14-7-6-9(13(4)5)8-10(14)15/h9H,6-8H2,1-5H3. The zero-order chi connectivity index (χ0) is 13.2. The summed E-state index contributed by atoms with van der Waals surface area (Å²) in [6.07, 6.45) is 0.657. The molecule has 98 valence electrons. The number of ether oxygens (including phenoxy) is 1. The summed E-state index contributed by atoms with van der Waals surface area (Å²) in [5, 5.41) is 0. The van der Waals surface area contributed by atoms with Crippen LogP contribution < -0.4 is 0 Å². The quantitative estimate of drug-likeness (QED) is 0.698. The molecule has 1 saturated heterocycles. The van der Waals surface area contributed by atoms with Crippen LogP contribution in [0.5, 0.6) is 0 Å². The Morgan fingerprint density at radius 1 is 1.41 bits per heavy atom. The van der Waals surface area contributed by atoms with E-state index in [1.54, 1.807) is 20.8 Å². The Morgan fingerprint density at radius 3 is 2.41 bits per heavy atom. The maximum absolute atomic E-state index is 11.8. The second kappa shape index (κ2) is 5.04. The third-order valence-corrected chi connectivity index (χ3v) is 2.74. The van der Waals surface area contributed by atoms with Gasteiger partial charge in [-0.1, -0.05) is 0 Å². The van der Waals surface area contributed by atoms with Crippen molar-refractivity contribution in [2.45, 2.75) is 45.3 Å². The third kappa shape index (κ3) is 4.00. The zero-order valence-corrected chi connectivity index (χ0v) is 11.3. The lowest BCUT2D eigenvalue weighted by atomic mass is 10.0. The molecule has 0 N–H and O–H groups in total. The van der Waals surface area contributed by atoms with Gasteiger partial charge in [-0.2, -0.15) is 0 Å². The highest BCUT2D eigenvalue weighted by Gasteiger charge is 2.33. The largest absolute Gasteiger partial charge is 0.443 e. The van der Waals surface area contributed by atoms with E-state index in [-0.39, 0.29) is 11.9 Å². The molecule has 1 unspecified atom stereocenters. The van der Waals surface area contributed by atoms with E-state index >= 15 is 0 Å². The van der Waals surface area contributed by atoms with E-state index in [2.05, 4.69) is 0 Å². The lowest BCUT2D eigenvalue weighted by molar-refractivity contribution is -0.134. The number of carbonyl (C=O) groups is 2. The van der Waals surface area contributed by atoms with E-state index in [1.807, 2.05) is 19.0 Å². The van der Waals surface area contributed by atoms with E-state index in [4.69, 9.17) is 4.74 Å². The molecule has 1 fully saturated rings. The summed E-state index contributed by atoms with van der Waals surface area (Å²) in [4.78, 5) is 26.8. The minimum absolute atomic E-state index is 0.149. The van der Waals surface area contributed by atoms with Crippen molar-refractivity contribution in [1.29, 1.82) is 0 Å². The van der Waals surface area contributed by atoms with Crippen molar-refractivity contribution >= 4 is 12.0 Å². The number of carbonyl (C=O) groups excluding carboxylic acids is 2. The lowest BCUT2D eigenvalue weighted by Crippen LogP contribution is -2.49. The number of hydrogen-bond donors (Lipinski definition) is 0. The van der Waals surface area contributed by atoms with Crippen molar-refractivity contribution in [3.8, 4) is 0 Å². The van der Waals surface area contributed by atoms with Gasteiger partial charge in [0, 0.05) is 19.0 Å². The van der Waals surface area contributed by atoms with Crippen molar-refractivity contribution in [1.82, 2.24) is 9.80 Å². The van der Waals surface area contributed by atoms with Crippen LogP contribution in [0.1, 0.15) is 33.6 Å². The first-order valence-electron chi connectivity index (χ1n) is 5.90. The van der Waals surface area contributed by atoms with Gasteiger partial charge in [-0.15, -0.1) is 0 Å². The van der Waals surface area contributed by atoms with Gasteiger partial charge < -0.3 is 9.64 Å². The third-order valence-electron chi connectivity index (χ3n) is 2.74. The van der Waals surface area contributed by atoms with Crippen molar-refractivity contribution < 1.29 is 14.3 Å². The summed E-state index contributed by atoms with van der Waals surface area (Å²) in [6, 6.07) is 0.223. The molecule has 0 bridgehead atoms. The van der Waals surface area contributed by atoms with E-state index < -0.39 is 11.7 Å². The Kier molecular flexibility index (Phi) is 4.14. The monoisotopic (exact) mass is 242 g/mol. The van der Waals surface area contributed by atoms with Crippen LogP contribution in [0.4, 0.5) is 4.79 Å². The van der Waals surface area contributed by atoms with Crippen LogP contribution in [-0.4, -0.2) is 54.1 Å². The molecule has 0 radical (unpaired) electrons. The van der Waals surface area contributed by atoms with Crippen LogP contribution in [0.15, 0.2) is 0 Å². The lowest BCUT2D eigenvalue weighted by Gasteiger charge is -2.34. The Hall–Kier alpha value is -1.10. The Balaban J connectivity index is 2.58. The fourth-order valence-electron chi connectivity index (χ4n) is 1.77. The molecule has 1 heterocycles. The van der Waals surface area contributed by atoms with E-state index in [1.165, 1.54) is 4.90 Å². The molecule has 0 saturated carbocycles. The van der Waals surface area contributed by atoms with Gasteiger partial charge in [-0.3, -0.25) is 4.79 Å². The summed E-state index contributed by atoms with van der Waals surface area (Å²) in [5.41, 5.74) is -0.560. The van der Waals surface area contributed by atoms with Crippen LogP contribution in [0.3, 0.4) is 0 Å². The van der Waals surface area contributed by atoms with E-state index in [0.717, 1.165) is 6.42 Å². The maximum atomic E-state index is 11.8. The normalized spacial score (nSPS) is 21.9. The van der Waals surface area contributed by atoms with Crippen molar-refractivity contribution in [3.05, 3.63) is 0 Å². The molecule has 0 spiro atoms. The minimum Gasteiger partial charge on any atom is -0.443 e. The van der Waals surface area contributed by atoms with Crippen LogP contribution in [0.2, 0.25) is 0 Å². The predicted octanol–water partition coefficient (Wildman–Crippen LogP) is 1.47. The van der Waals surface area contributed by atoms with E-state index in [0.29, 0.717) is 13.0 Å². The number of amides is 2. The van der Waals surface area contributed by atoms with E-state index in [9.17, 15) is 9.59 Å². The van der Waals surface area contributed by atoms with Gasteiger partial charge in [0.2, 0.25) is 5.91 Å². The molecule has 17 heavy (non-hydrogen) atoms. The molecule has 5 nitrogen and oxygen atoms in total. The first kappa shape index (κ1) is 14.0. The van der Waals surface area contributed by atoms with Gasteiger partial charge in [0.25, 0.3) is 0 Å². The van der Waals surface area contributed by atoms with Gasteiger partial charge >= 0.3 is 6.09 Å². The SMILES string of the molecule is CN(C)C1CCN(C(=O)OC(C)(C)C)C(=O)C1. The minimum atomic E-state index is -0.560. The molecule has 0 aliphatic carbocycles. The van der Waals surface area contributed by atoms with Crippen LogP contribution in [0, 0.1) is 0 Å². The first-order valence-corrected chi connectivity index (χ1v) is 5.90. The summed E-state index contributed by atoms with van der Waals surface area (Å²) in [6.45, 7) is 5.82. The van der Waals surface area contributed by atoms with Gasteiger partial charge in [0.15, 0.2) is 0 Å². The Labute approximate surface area is 103 Å². The Morgan fingerprint density at radius 2 is 2.00 bits per heavy atom. The number of rotatable bonds is 1. The molecule has 1 atom stereocenters. The van der Waals surface area contributed by atoms with Gasteiger partial charge in [-0.05, 0) is 41.3 Å². The van der Waals surface area contributed by atoms with Crippen molar-refractivity contribution in [3.63, 3.8) is 0 Å². The van der Waals surface area contributed by atoms with Crippen molar-refractivity contribution in [2.75, 3.05) is 20.6 Å². The van der Waals surface area contributed by atoms with Gasteiger partial charge in [-0.25, -0.2) is 9.69 Å². The molecule has 0 aromatic carbocycles. The van der Waals surface area contributed by atoms with Crippen molar-refractivity contribution in [2.24, 2.45) is 0 Å². The summed E-state index contributed by atoms with van der Waals surface area (Å²) in [5.74, 6) is -0.149. The van der Waals surface area contributed by atoms with Crippen LogP contribution >= 0.6 is 0 Å². The summed E-state index contributed by atoms with van der Waals surface area (Å²) in [7, 11) is 3.89. The topological polar surface area (TPSA) is 49.9 Å². The number of imide groups is 1. The fourth-order valence-corrected chi connectivity index (χ4v) is 1.77. The highest BCUT2D eigenvalue weighted by Crippen LogP contribution is 2.18. The first-order chi connectivity index (χ1) is 7.70. The molecule has 1 aliphatic rings. The zero-order valence-electron chi connectivity index (χ0n) is 11.3. The van der Waals surface area contributed by atoms with Crippen LogP contribution in [-0.2, 0) is 9.53 Å². The second-order valence-corrected chi connectivity index (χ2v) is 5.64. The fraction of sp³-hybridized carbons (Fsp3) is 0.833. The summed E-state index contributed by atoms with van der Waals surface area (Å²) < 4.78 is 5.20. The molecule has 2 amide bonds. The molecular weight excluding hydrogens is 220 g/mol. The number of piperidine rings is 1.